The largest absolute Gasteiger partial charge is 0.462 e. The summed E-state index contributed by atoms with van der Waals surface area (Å²) in [5, 5.41) is 0. The van der Waals surface area contributed by atoms with E-state index in [-0.39, 0.29) is 17.5 Å². The molecule has 0 amide bonds. The summed E-state index contributed by atoms with van der Waals surface area (Å²) in [7, 11) is 0. The van der Waals surface area contributed by atoms with Crippen molar-refractivity contribution in [3.8, 4) is 0 Å². The molecule has 2 aliphatic heterocycles. The first kappa shape index (κ1) is 11.0. The Morgan fingerprint density at radius 3 is 2.20 bits per heavy atom. The van der Waals surface area contributed by atoms with Gasteiger partial charge in [0.1, 0.15) is 6.10 Å². The van der Waals surface area contributed by atoms with E-state index in [2.05, 4.69) is 6.92 Å². The third kappa shape index (κ3) is 1.79. The maximum Gasteiger partial charge on any atom is 0.312 e. The van der Waals surface area contributed by atoms with Crippen LogP contribution in [0.4, 0.5) is 0 Å². The fourth-order valence-electron chi connectivity index (χ4n) is 3.75. The van der Waals surface area contributed by atoms with Gasteiger partial charge in [-0.1, -0.05) is 13.8 Å². The first-order valence-corrected chi connectivity index (χ1v) is 6.37. The van der Waals surface area contributed by atoms with E-state index >= 15 is 0 Å². The van der Waals surface area contributed by atoms with Crippen LogP contribution in [0.25, 0.3) is 0 Å². The predicted molar refractivity (Wildman–Crippen MR) is 59.4 cm³/mol. The molecule has 15 heavy (non-hydrogen) atoms. The molecule has 0 aromatic heterocycles. The highest BCUT2D eigenvalue weighted by Crippen LogP contribution is 2.52. The van der Waals surface area contributed by atoms with E-state index in [0.717, 1.165) is 37.5 Å². The lowest BCUT2D eigenvalue weighted by Gasteiger charge is -2.40. The van der Waals surface area contributed by atoms with Gasteiger partial charge in [-0.25, -0.2) is 0 Å². The quantitative estimate of drug-likeness (QED) is 0.574. The fourth-order valence-corrected chi connectivity index (χ4v) is 3.75. The number of hydrogen-bond acceptors (Lipinski definition) is 2. The minimum atomic E-state index is -0.126. The molecule has 0 N–H and O–H groups in total. The van der Waals surface area contributed by atoms with Crippen LogP contribution in [0.3, 0.4) is 0 Å². The highest BCUT2D eigenvalue weighted by Gasteiger charge is 2.51. The van der Waals surface area contributed by atoms with Gasteiger partial charge in [-0.05, 0) is 50.9 Å². The maximum absolute atomic E-state index is 11.8. The Labute approximate surface area is 92.4 Å². The van der Waals surface area contributed by atoms with Crippen molar-refractivity contribution in [2.45, 2.75) is 59.0 Å². The first-order valence-electron chi connectivity index (χ1n) is 6.37. The van der Waals surface area contributed by atoms with E-state index in [9.17, 15) is 4.79 Å². The second-order valence-electron chi connectivity index (χ2n) is 5.44. The van der Waals surface area contributed by atoms with E-state index in [1.807, 2.05) is 13.8 Å². The van der Waals surface area contributed by atoms with Gasteiger partial charge >= 0.3 is 5.97 Å². The number of hydrogen-bond donors (Lipinski definition) is 0. The van der Waals surface area contributed by atoms with Crippen LogP contribution in [-0.2, 0) is 9.53 Å². The zero-order valence-corrected chi connectivity index (χ0v) is 10.1. The SMILES string of the molecule is CC.CC12CC3CC(CC(C3)OC1=O)C2. The molecule has 4 bridgehead atoms. The third-order valence-corrected chi connectivity index (χ3v) is 4.10. The van der Waals surface area contributed by atoms with Crippen molar-refractivity contribution < 1.29 is 9.53 Å². The first-order chi connectivity index (χ1) is 7.16. The normalized spacial score (nSPS) is 46.6. The van der Waals surface area contributed by atoms with Crippen LogP contribution in [0.15, 0.2) is 0 Å². The molecular formula is C13H22O2. The minimum absolute atomic E-state index is 0.0854. The average Bonchev–Trinajstić information content (AvgIpc) is 2.30. The number of fused-ring (bicyclic) bond motifs is 1. The van der Waals surface area contributed by atoms with E-state index in [1.165, 1.54) is 6.42 Å². The highest BCUT2D eigenvalue weighted by atomic mass is 16.5. The molecule has 2 atom stereocenters. The third-order valence-electron chi connectivity index (χ3n) is 4.10. The summed E-state index contributed by atoms with van der Waals surface area (Å²) in [5.41, 5.74) is -0.126. The number of esters is 1. The molecule has 0 radical (unpaired) electrons. The zero-order valence-electron chi connectivity index (χ0n) is 10.1. The van der Waals surface area contributed by atoms with E-state index in [0.29, 0.717) is 0 Å². The van der Waals surface area contributed by atoms with Gasteiger partial charge in [0.25, 0.3) is 0 Å². The van der Waals surface area contributed by atoms with Crippen LogP contribution in [0.2, 0.25) is 0 Å². The summed E-state index contributed by atoms with van der Waals surface area (Å²) >= 11 is 0. The lowest BCUT2D eigenvalue weighted by Crippen LogP contribution is -2.36. The molecule has 2 aliphatic carbocycles. The molecular weight excluding hydrogens is 188 g/mol. The van der Waals surface area contributed by atoms with Crippen molar-refractivity contribution in [2.75, 3.05) is 0 Å². The van der Waals surface area contributed by atoms with Gasteiger partial charge in [0.15, 0.2) is 0 Å². The molecule has 2 saturated heterocycles. The molecule has 2 saturated carbocycles. The smallest absolute Gasteiger partial charge is 0.312 e. The van der Waals surface area contributed by atoms with E-state index < -0.39 is 0 Å². The van der Waals surface area contributed by atoms with Crippen LogP contribution in [0.5, 0.6) is 0 Å². The van der Waals surface area contributed by atoms with Gasteiger partial charge in [0, 0.05) is 0 Å². The lowest BCUT2D eigenvalue weighted by molar-refractivity contribution is -0.156. The molecule has 2 heterocycles. The van der Waals surface area contributed by atoms with E-state index in [1.54, 1.807) is 0 Å². The number of rotatable bonds is 0. The fraction of sp³-hybridized carbons (Fsp3) is 0.923. The lowest BCUT2D eigenvalue weighted by atomic mass is 9.62. The molecule has 86 valence electrons. The summed E-state index contributed by atoms with van der Waals surface area (Å²) in [6.45, 7) is 6.10. The Bertz CT molecular complexity index is 245. The summed E-state index contributed by atoms with van der Waals surface area (Å²) in [6, 6.07) is 0. The Hall–Kier alpha value is -0.530. The van der Waals surface area contributed by atoms with Crippen molar-refractivity contribution in [3.63, 3.8) is 0 Å². The van der Waals surface area contributed by atoms with Crippen LogP contribution in [0, 0.1) is 17.3 Å². The Balaban J connectivity index is 0.000000404. The predicted octanol–water partition coefficient (Wildman–Crippen LogP) is 3.15. The van der Waals surface area contributed by atoms with Crippen molar-refractivity contribution in [1.82, 2.24) is 0 Å². The molecule has 4 aliphatic rings. The van der Waals surface area contributed by atoms with Crippen molar-refractivity contribution >= 4 is 5.97 Å². The van der Waals surface area contributed by atoms with Gasteiger partial charge in [-0.2, -0.15) is 0 Å². The number of carbonyl (C=O) groups excluding carboxylic acids is 1. The summed E-state index contributed by atoms with van der Waals surface area (Å²) in [6.07, 6.45) is 6.05. The molecule has 0 aromatic carbocycles. The van der Waals surface area contributed by atoms with Gasteiger partial charge in [0.2, 0.25) is 0 Å². The summed E-state index contributed by atoms with van der Waals surface area (Å²) < 4.78 is 5.50. The second kappa shape index (κ2) is 3.80. The van der Waals surface area contributed by atoms with Gasteiger partial charge in [0.05, 0.1) is 5.41 Å². The molecule has 4 fully saturated rings. The molecule has 4 rings (SSSR count). The Morgan fingerprint density at radius 1 is 1.13 bits per heavy atom. The second-order valence-corrected chi connectivity index (χ2v) is 5.44. The van der Waals surface area contributed by atoms with Crippen LogP contribution < -0.4 is 0 Å². The number of ether oxygens (including phenoxy) is 1. The van der Waals surface area contributed by atoms with Crippen molar-refractivity contribution in [1.29, 1.82) is 0 Å². The Kier molecular flexibility index (Phi) is 2.78. The molecule has 2 unspecified atom stereocenters. The average molecular weight is 210 g/mol. The zero-order chi connectivity index (χ0) is 11.1. The highest BCUT2D eigenvalue weighted by molar-refractivity contribution is 5.77. The molecule has 2 heteroatoms. The summed E-state index contributed by atoms with van der Waals surface area (Å²) in [4.78, 5) is 11.8. The molecule has 0 aromatic rings. The van der Waals surface area contributed by atoms with E-state index in [4.69, 9.17) is 4.74 Å². The van der Waals surface area contributed by atoms with Gasteiger partial charge in [-0.15, -0.1) is 0 Å². The maximum atomic E-state index is 11.8. The van der Waals surface area contributed by atoms with Crippen molar-refractivity contribution in [2.24, 2.45) is 17.3 Å². The van der Waals surface area contributed by atoms with Crippen LogP contribution in [0.1, 0.15) is 52.9 Å². The minimum Gasteiger partial charge on any atom is -0.462 e. The number of carbonyl (C=O) groups is 1. The topological polar surface area (TPSA) is 26.3 Å². The molecule has 0 spiro atoms. The summed E-state index contributed by atoms with van der Waals surface area (Å²) in [5.74, 6) is 1.63. The standard InChI is InChI=1S/C11H16O2.C2H6/c1-11-5-7-2-8(6-11)4-9(3-7)13-10(11)12;1-2/h7-9H,2-6H2,1H3;1-2H3. The monoisotopic (exact) mass is 210 g/mol. The van der Waals surface area contributed by atoms with Gasteiger partial charge in [-0.3, -0.25) is 4.79 Å². The van der Waals surface area contributed by atoms with Crippen LogP contribution in [-0.4, -0.2) is 12.1 Å². The molecule has 2 nitrogen and oxygen atoms in total. The Morgan fingerprint density at radius 2 is 1.67 bits per heavy atom. The van der Waals surface area contributed by atoms with Gasteiger partial charge < -0.3 is 4.74 Å². The van der Waals surface area contributed by atoms with Crippen molar-refractivity contribution in [3.05, 3.63) is 0 Å². The van der Waals surface area contributed by atoms with Crippen LogP contribution >= 0.6 is 0 Å².